The Morgan fingerprint density at radius 1 is 1.43 bits per heavy atom. The van der Waals surface area contributed by atoms with Gasteiger partial charge in [-0.25, -0.2) is 8.42 Å². The van der Waals surface area contributed by atoms with Crippen LogP contribution < -0.4 is 5.32 Å². The first-order valence-corrected chi connectivity index (χ1v) is 9.15. The van der Waals surface area contributed by atoms with E-state index in [1.165, 1.54) is 10.9 Å². The van der Waals surface area contributed by atoms with Crippen LogP contribution in [0.4, 0.5) is 0 Å². The van der Waals surface area contributed by atoms with Crippen LogP contribution in [0.2, 0.25) is 0 Å². The SMILES string of the molecule is CCCNC1CCN(S(=O)(=O)c2cnn(C)c2)CC1CC. The molecular formula is C14H26N4O2S. The topological polar surface area (TPSA) is 67.2 Å². The van der Waals surface area contributed by atoms with Crippen LogP contribution in [0.1, 0.15) is 33.1 Å². The minimum atomic E-state index is -3.41. The normalized spacial score (nSPS) is 24.3. The Morgan fingerprint density at radius 3 is 2.76 bits per heavy atom. The van der Waals surface area contributed by atoms with E-state index >= 15 is 0 Å². The third-order valence-corrected chi connectivity index (χ3v) is 6.01. The van der Waals surface area contributed by atoms with Crippen molar-refractivity contribution in [2.45, 2.75) is 44.0 Å². The summed E-state index contributed by atoms with van der Waals surface area (Å²) in [7, 11) is -1.67. The van der Waals surface area contributed by atoms with E-state index in [9.17, 15) is 8.42 Å². The van der Waals surface area contributed by atoms with Crippen LogP contribution in [-0.4, -0.2) is 48.2 Å². The molecule has 0 amide bonds. The molecule has 120 valence electrons. The van der Waals surface area contributed by atoms with E-state index in [1.54, 1.807) is 17.5 Å². The Morgan fingerprint density at radius 2 is 2.19 bits per heavy atom. The van der Waals surface area contributed by atoms with Crippen molar-refractivity contribution in [2.24, 2.45) is 13.0 Å². The molecule has 1 fully saturated rings. The molecule has 1 N–H and O–H groups in total. The standard InChI is InChI=1S/C14H26N4O2S/c1-4-7-15-14-6-8-18(10-12(14)5-2)21(19,20)13-9-16-17(3)11-13/h9,11-12,14-15H,4-8,10H2,1-3H3. The number of sulfonamides is 1. The predicted molar refractivity (Wildman–Crippen MR) is 82.4 cm³/mol. The van der Waals surface area contributed by atoms with Crippen molar-refractivity contribution in [2.75, 3.05) is 19.6 Å². The van der Waals surface area contributed by atoms with Crippen molar-refractivity contribution < 1.29 is 8.42 Å². The van der Waals surface area contributed by atoms with E-state index < -0.39 is 10.0 Å². The first-order chi connectivity index (χ1) is 9.98. The molecule has 0 radical (unpaired) electrons. The maximum absolute atomic E-state index is 12.6. The first-order valence-electron chi connectivity index (χ1n) is 7.71. The summed E-state index contributed by atoms with van der Waals surface area (Å²) in [5.74, 6) is 0.372. The third kappa shape index (κ3) is 3.64. The average Bonchev–Trinajstić information content (AvgIpc) is 2.92. The molecule has 2 heterocycles. The molecule has 0 aromatic carbocycles. The fourth-order valence-corrected chi connectivity index (χ4v) is 4.41. The number of nitrogens with one attached hydrogen (secondary N) is 1. The fraction of sp³-hybridized carbons (Fsp3) is 0.786. The second kappa shape index (κ2) is 6.89. The van der Waals surface area contributed by atoms with E-state index in [1.807, 2.05) is 0 Å². The van der Waals surface area contributed by atoms with Gasteiger partial charge in [0.25, 0.3) is 0 Å². The average molecular weight is 314 g/mol. The predicted octanol–water partition coefficient (Wildman–Crippen LogP) is 1.21. The molecule has 0 aliphatic carbocycles. The number of aryl methyl sites for hydroxylation is 1. The highest BCUT2D eigenvalue weighted by molar-refractivity contribution is 7.89. The Balaban J connectivity index is 2.09. The van der Waals surface area contributed by atoms with Gasteiger partial charge in [0.2, 0.25) is 10.0 Å². The molecule has 1 aromatic heterocycles. The van der Waals surface area contributed by atoms with Gasteiger partial charge in [-0.15, -0.1) is 0 Å². The quantitative estimate of drug-likeness (QED) is 0.857. The lowest BCUT2D eigenvalue weighted by molar-refractivity contribution is 0.202. The summed E-state index contributed by atoms with van der Waals surface area (Å²) in [5, 5.41) is 7.52. The molecule has 6 nitrogen and oxygen atoms in total. The van der Waals surface area contributed by atoms with Gasteiger partial charge in [0, 0.05) is 32.4 Å². The summed E-state index contributed by atoms with van der Waals surface area (Å²) in [6, 6.07) is 0.426. The Kier molecular flexibility index (Phi) is 5.40. The molecular weight excluding hydrogens is 288 g/mol. The third-order valence-electron chi connectivity index (χ3n) is 4.20. The van der Waals surface area contributed by atoms with Crippen molar-refractivity contribution in [3.05, 3.63) is 12.4 Å². The molecule has 2 unspecified atom stereocenters. The van der Waals surface area contributed by atoms with E-state index in [0.29, 0.717) is 29.9 Å². The van der Waals surface area contributed by atoms with Crippen molar-refractivity contribution in [1.29, 1.82) is 0 Å². The largest absolute Gasteiger partial charge is 0.314 e. The lowest BCUT2D eigenvalue weighted by atomic mass is 9.91. The number of nitrogens with zero attached hydrogens (tertiary/aromatic N) is 3. The van der Waals surface area contributed by atoms with Crippen molar-refractivity contribution in [3.63, 3.8) is 0 Å². The molecule has 2 rings (SSSR count). The maximum atomic E-state index is 12.6. The highest BCUT2D eigenvalue weighted by Gasteiger charge is 2.34. The van der Waals surface area contributed by atoms with Crippen LogP contribution in [-0.2, 0) is 17.1 Å². The van der Waals surface area contributed by atoms with Crippen LogP contribution in [0.25, 0.3) is 0 Å². The van der Waals surface area contributed by atoms with Crippen molar-refractivity contribution in [1.82, 2.24) is 19.4 Å². The summed E-state index contributed by atoms with van der Waals surface area (Å²) in [6.07, 6.45) is 5.96. The minimum Gasteiger partial charge on any atom is -0.314 e. The van der Waals surface area contributed by atoms with Gasteiger partial charge >= 0.3 is 0 Å². The molecule has 1 aliphatic heterocycles. The van der Waals surface area contributed by atoms with E-state index in [0.717, 1.165) is 25.8 Å². The second-order valence-corrected chi connectivity index (χ2v) is 7.67. The summed E-state index contributed by atoms with van der Waals surface area (Å²) in [5.41, 5.74) is 0. The number of rotatable bonds is 6. The smallest absolute Gasteiger partial charge is 0.246 e. The van der Waals surface area contributed by atoms with Crippen LogP contribution in [0.15, 0.2) is 17.3 Å². The zero-order chi connectivity index (χ0) is 15.5. The minimum absolute atomic E-state index is 0.292. The Hall–Kier alpha value is -0.920. The summed E-state index contributed by atoms with van der Waals surface area (Å²) in [4.78, 5) is 0.292. The van der Waals surface area contributed by atoms with Crippen molar-refractivity contribution in [3.8, 4) is 0 Å². The maximum Gasteiger partial charge on any atom is 0.246 e. The Labute approximate surface area is 127 Å². The number of hydrogen-bond acceptors (Lipinski definition) is 4. The van der Waals surface area contributed by atoms with Gasteiger partial charge in [-0.2, -0.15) is 9.40 Å². The molecule has 0 spiro atoms. The van der Waals surface area contributed by atoms with E-state index in [2.05, 4.69) is 24.3 Å². The van der Waals surface area contributed by atoms with Gasteiger partial charge in [0.1, 0.15) is 4.90 Å². The molecule has 0 bridgehead atoms. The van der Waals surface area contributed by atoms with Crippen LogP contribution in [0.5, 0.6) is 0 Å². The van der Waals surface area contributed by atoms with E-state index in [-0.39, 0.29) is 0 Å². The van der Waals surface area contributed by atoms with Gasteiger partial charge in [-0.1, -0.05) is 20.3 Å². The molecule has 1 aromatic rings. The van der Waals surface area contributed by atoms with Gasteiger partial charge in [-0.3, -0.25) is 4.68 Å². The molecule has 0 saturated carbocycles. The first kappa shape index (κ1) is 16.5. The van der Waals surface area contributed by atoms with Crippen LogP contribution >= 0.6 is 0 Å². The molecule has 21 heavy (non-hydrogen) atoms. The summed E-state index contributed by atoms with van der Waals surface area (Å²) < 4.78 is 28.4. The highest BCUT2D eigenvalue weighted by Crippen LogP contribution is 2.25. The monoisotopic (exact) mass is 314 g/mol. The van der Waals surface area contributed by atoms with Crippen LogP contribution in [0, 0.1) is 5.92 Å². The van der Waals surface area contributed by atoms with E-state index in [4.69, 9.17) is 0 Å². The van der Waals surface area contributed by atoms with Gasteiger partial charge in [-0.05, 0) is 25.3 Å². The zero-order valence-corrected chi connectivity index (χ0v) is 13.9. The van der Waals surface area contributed by atoms with Crippen LogP contribution in [0.3, 0.4) is 0 Å². The molecule has 1 saturated heterocycles. The number of aromatic nitrogens is 2. The Bertz CT molecular complexity index is 555. The molecule has 7 heteroatoms. The lowest BCUT2D eigenvalue weighted by Gasteiger charge is -2.37. The highest BCUT2D eigenvalue weighted by atomic mass is 32.2. The molecule has 2 atom stereocenters. The van der Waals surface area contributed by atoms with Gasteiger partial charge in [0.05, 0.1) is 6.20 Å². The zero-order valence-electron chi connectivity index (χ0n) is 13.1. The summed E-state index contributed by atoms with van der Waals surface area (Å²) >= 11 is 0. The lowest BCUT2D eigenvalue weighted by Crippen LogP contribution is -2.50. The molecule has 1 aliphatic rings. The van der Waals surface area contributed by atoms with Gasteiger partial charge in [0.15, 0.2) is 0 Å². The number of hydrogen-bond donors (Lipinski definition) is 1. The fourth-order valence-electron chi connectivity index (χ4n) is 2.91. The van der Waals surface area contributed by atoms with Crippen molar-refractivity contribution >= 4 is 10.0 Å². The number of piperidine rings is 1. The summed E-state index contributed by atoms with van der Waals surface area (Å²) in [6.45, 7) is 6.45. The van der Waals surface area contributed by atoms with Gasteiger partial charge < -0.3 is 5.32 Å². The second-order valence-electron chi connectivity index (χ2n) is 5.73.